The van der Waals surface area contributed by atoms with Crippen LogP contribution >= 0.6 is 0 Å². The summed E-state index contributed by atoms with van der Waals surface area (Å²) in [5.41, 5.74) is 5.65. The molecule has 0 unspecified atom stereocenters. The van der Waals surface area contributed by atoms with Crippen molar-refractivity contribution in [3.63, 3.8) is 0 Å². The Bertz CT molecular complexity index is 890. The Morgan fingerprint density at radius 2 is 1.73 bits per heavy atom. The summed E-state index contributed by atoms with van der Waals surface area (Å²) >= 11 is 0. The van der Waals surface area contributed by atoms with Crippen LogP contribution in [0.15, 0.2) is 24.3 Å². The zero-order valence-electron chi connectivity index (χ0n) is 15.6. The first-order chi connectivity index (χ1) is 12.6. The summed E-state index contributed by atoms with van der Waals surface area (Å²) in [5.74, 6) is 2.11. The second-order valence-electron chi connectivity index (χ2n) is 6.71. The summed E-state index contributed by atoms with van der Waals surface area (Å²) in [6.07, 6.45) is 1.54. The summed E-state index contributed by atoms with van der Waals surface area (Å²) in [6.45, 7) is 2.32. The van der Waals surface area contributed by atoms with Gasteiger partial charge >= 0.3 is 0 Å². The van der Waals surface area contributed by atoms with Gasteiger partial charge in [0.2, 0.25) is 11.7 Å². The molecule has 0 spiro atoms. The Balaban J connectivity index is 2.11. The predicted octanol–water partition coefficient (Wildman–Crippen LogP) is 3.38. The van der Waals surface area contributed by atoms with Crippen LogP contribution in [0.5, 0.6) is 17.2 Å². The fraction of sp³-hybridized carbons (Fsp3) is 0.381. The molecule has 0 fully saturated rings. The van der Waals surface area contributed by atoms with E-state index in [0.29, 0.717) is 18.0 Å². The molecule has 136 valence electrons. The standard InChI is InChI=1S/C21H23NO4/c1-12(23)22-10-9-15-17-16(22)11-13-7-5-6-8-14(13)18(17)20(25-3)21(26-4)19(15)24-2/h5-8,16H,9-11H2,1-4H3/t16-/m1/s1. The molecule has 2 aromatic carbocycles. The number of rotatable bonds is 3. The van der Waals surface area contributed by atoms with Crippen LogP contribution < -0.4 is 14.2 Å². The highest BCUT2D eigenvalue weighted by atomic mass is 16.5. The summed E-state index contributed by atoms with van der Waals surface area (Å²) in [5, 5.41) is 0. The quantitative estimate of drug-likeness (QED) is 0.849. The summed E-state index contributed by atoms with van der Waals surface area (Å²) < 4.78 is 17.2. The van der Waals surface area contributed by atoms with Gasteiger partial charge in [0, 0.05) is 24.6 Å². The van der Waals surface area contributed by atoms with Gasteiger partial charge in [-0.1, -0.05) is 24.3 Å². The van der Waals surface area contributed by atoms with E-state index in [1.807, 2.05) is 17.0 Å². The third-order valence-electron chi connectivity index (χ3n) is 5.54. The lowest BCUT2D eigenvalue weighted by atomic mass is 9.76. The molecule has 1 aliphatic carbocycles. The van der Waals surface area contributed by atoms with Gasteiger partial charge in [-0.3, -0.25) is 4.79 Å². The Morgan fingerprint density at radius 3 is 2.38 bits per heavy atom. The number of nitrogens with zero attached hydrogens (tertiary/aromatic N) is 1. The molecule has 5 heteroatoms. The Labute approximate surface area is 153 Å². The van der Waals surface area contributed by atoms with Gasteiger partial charge in [-0.25, -0.2) is 0 Å². The Kier molecular flexibility index (Phi) is 4.02. The molecule has 0 aromatic heterocycles. The molecule has 1 heterocycles. The van der Waals surface area contributed by atoms with Crippen molar-refractivity contribution in [3.05, 3.63) is 41.0 Å². The van der Waals surface area contributed by atoms with Crippen molar-refractivity contribution in [1.82, 2.24) is 4.90 Å². The van der Waals surface area contributed by atoms with Crippen molar-refractivity contribution in [2.24, 2.45) is 0 Å². The van der Waals surface area contributed by atoms with Crippen molar-refractivity contribution in [2.75, 3.05) is 27.9 Å². The fourth-order valence-electron chi connectivity index (χ4n) is 4.51. The van der Waals surface area contributed by atoms with E-state index in [9.17, 15) is 4.79 Å². The zero-order chi connectivity index (χ0) is 18.4. The molecule has 1 atom stereocenters. The highest BCUT2D eigenvalue weighted by Gasteiger charge is 2.40. The molecule has 0 saturated carbocycles. The van der Waals surface area contributed by atoms with Gasteiger partial charge in [0.1, 0.15) is 0 Å². The first-order valence-corrected chi connectivity index (χ1v) is 8.82. The number of ether oxygens (including phenoxy) is 3. The number of benzene rings is 2. The highest BCUT2D eigenvalue weighted by molar-refractivity contribution is 5.87. The molecule has 2 aromatic rings. The van der Waals surface area contributed by atoms with Gasteiger partial charge in [-0.05, 0) is 29.5 Å². The van der Waals surface area contributed by atoms with Crippen LogP contribution in [0.4, 0.5) is 0 Å². The number of carbonyl (C=O) groups is 1. The Hall–Kier alpha value is -2.69. The zero-order valence-corrected chi connectivity index (χ0v) is 15.6. The lowest BCUT2D eigenvalue weighted by molar-refractivity contribution is -0.131. The number of fused-ring (bicyclic) bond motifs is 2. The topological polar surface area (TPSA) is 48.0 Å². The van der Waals surface area contributed by atoms with E-state index < -0.39 is 0 Å². The fourth-order valence-corrected chi connectivity index (χ4v) is 4.51. The second kappa shape index (κ2) is 6.24. The molecule has 1 aliphatic heterocycles. The maximum atomic E-state index is 12.3. The number of methoxy groups -OCH3 is 3. The van der Waals surface area contributed by atoms with Crippen LogP contribution in [-0.2, 0) is 17.6 Å². The summed E-state index contributed by atoms with van der Waals surface area (Å²) in [7, 11) is 4.94. The largest absolute Gasteiger partial charge is 0.492 e. The second-order valence-corrected chi connectivity index (χ2v) is 6.71. The van der Waals surface area contributed by atoms with Crippen molar-refractivity contribution in [1.29, 1.82) is 0 Å². The molecule has 26 heavy (non-hydrogen) atoms. The average molecular weight is 353 g/mol. The van der Waals surface area contributed by atoms with E-state index in [1.165, 1.54) is 5.56 Å². The van der Waals surface area contributed by atoms with Crippen LogP contribution in [0, 0.1) is 0 Å². The van der Waals surface area contributed by atoms with Gasteiger partial charge in [0.15, 0.2) is 11.5 Å². The van der Waals surface area contributed by atoms with Crippen molar-refractivity contribution in [3.8, 4) is 28.4 Å². The molecular formula is C21H23NO4. The third-order valence-corrected chi connectivity index (χ3v) is 5.54. The minimum atomic E-state index is -0.00476. The van der Waals surface area contributed by atoms with Crippen LogP contribution in [-0.4, -0.2) is 38.7 Å². The number of carbonyl (C=O) groups excluding carboxylic acids is 1. The van der Waals surface area contributed by atoms with Gasteiger partial charge in [0.05, 0.1) is 27.4 Å². The molecular weight excluding hydrogens is 330 g/mol. The number of hydrogen-bond donors (Lipinski definition) is 0. The van der Waals surface area contributed by atoms with Gasteiger partial charge in [-0.2, -0.15) is 0 Å². The van der Waals surface area contributed by atoms with Gasteiger partial charge in [0.25, 0.3) is 0 Å². The average Bonchev–Trinajstić information content (AvgIpc) is 2.66. The third kappa shape index (κ3) is 2.19. The van der Waals surface area contributed by atoms with Gasteiger partial charge in [-0.15, -0.1) is 0 Å². The monoisotopic (exact) mass is 353 g/mol. The van der Waals surface area contributed by atoms with E-state index >= 15 is 0 Å². The predicted molar refractivity (Wildman–Crippen MR) is 99.1 cm³/mol. The van der Waals surface area contributed by atoms with Gasteiger partial charge < -0.3 is 19.1 Å². The maximum Gasteiger partial charge on any atom is 0.219 e. The normalized spacial score (nSPS) is 17.2. The summed E-state index contributed by atoms with van der Waals surface area (Å²) in [4.78, 5) is 14.3. The smallest absolute Gasteiger partial charge is 0.219 e. The van der Waals surface area contributed by atoms with Crippen molar-refractivity contribution >= 4 is 5.91 Å². The minimum absolute atomic E-state index is 0.00476. The lowest BCUT2D eigenvalue weighted by Gasteiger charge is -2.42. The van der Waals surface area contributed by atoms with Crippen LogP contribution in [0.25, 0.3) is 11.1 Å². The minimum Gasteiger partial charge on any atom is -0.492 e. The van der Waals surface area contributed by atoms with E-state index in [1.54, 1.807) is 28.3 Å². The lowest BCUT2D eigenvalue weighted by Crippen LogP contribution is -2.41. The molecule has 0 bridgehead atoms. The molecule has 4 rings (SSSR count). The van der Waals surface area contributed by atoms with Crippen LogP contribution in [0.1, 0.15) is 29.7 Å². The van der Waals surface area contributed by atoms with Crippen molar-refractivity contribution < 1.29 is 19.0 Å². The first-order valence-electron chi connectivity index (χ1n) is 8.82. The van der Waals surface area contributed by atoms with E-state index in [4.69, 9.17) is 14.2 Å². The molecule has 0 saturated heterocycles. The SMILES string of the molecule is COc1c2c3c(c(OC)c1OC)-c1ccccc1C[C@H]3N(C(C)=O)CC2. The number of amides is 1. The highest BCUT2D eigenvalue weighted by Crippen LogP contribution is 2.56. The van der Waals surface area contributed by atoms with Crippen LogP contribution in [0.3, 0.4) is 0 Å². The molecule has 2 aliphatic rings. The summed E-state index contributed by atoms with van der Waals surface area (Å²) in [6, 6.07) is 8.31. The Morgan fingerprint density at radius 1 is 1.04 bits per heavy atom. The number of hydrogen-bond acceptors (Lipinski definition) is 4. The molecule has 1 amide bonds. The molecule has 5 nitrogen and oxygen atoms in total. The molecule has 0 N–H and O–H groups in total. The molecule has 0 radical (unpaired) electrons. The first kappa shape index (κ1) is 16.8. The van der Waals surface area contributed by atoms with E-state index in [-0.39, 0.29) is 11.9 Å². The van der Waals surface area contributed by atoms with E-state index in [2.05, 4.69) is 12.1 Å². The maximum absolute atomic E-state index is 12.3. The van der Waals surface area contributed by atoms with E-state index in [0.717, 1.165) is 40.8 Å². The van der Waals surface area contributed by atoms with Crippen molar-refractivity contribution in [2.45, 2.75) is 25.8 Å². The van der Waals surface area contributed by atoms with Crippen LogP contribution in [0.2, 0.25) is 0 Å².